The van der Waals surface area contributed by atoms with Gasteiger partial charge >= 0.3 is 0 Å². The predicted molar refractivity (Wildman–Crippen MR) is 86.8 cm³/mol. The zero-order valence-electron chi connectivity index (χ0n) is 13.5. The standard InChI is InChI=1S/C17H23N5O/c1-12-5-4-6-13(11-12)9-10-16(23)18-15-8-3-2-7-14(15)17-19-21-22-20-17/h4-6,11,14-15H,2-3,7-10H2,1H3,(H,18,23)(H,19,20,21,22). The molecule has 1 aromatic carbocycles. The van der Waals surface area contributed by atoms with Crippen LogP contribution in [0.15, 0.2) is 24.3 Å². The number of hydrogen-bond acceptors (Lipinski definition) is 4. The number of hydrogen-bond donors (Lipinski definition) is 2. The van der Waals surface area contributed by atoms with Gasteiger partial charge in [0.2, 0.25) is 5.91 Å². The molecule has 6 heteroatoms. The van der Waals surface area contributed by atoms with Gasteiger partial charge in [-0.1, -0.05) is 47.9 Å². The van der Waals surface area contributed by atoms with Crippen molar-refractivity contribution in [2.24, 2.45) is 0 Å². The molecule has 1 aliphatic carbocycles. The topological polar surface area (TPSA) is 83.6 Å². The molecule has 1 heterocycles. The smallest absolute Gasteiger partial charge is 0.220 e. The van der Waals surface area contributed by atoms with Crippen LogP contribution < -0.4 is 5.32 Å². The first-order chi connectivity index (χ1) is 11.2. The number of carbonyl (C=O) groups is 1. The van der Waals surface area contributed by atoms with Gasteiger partial charge in [-0.3, -0.25) is 4.79 Å². The Balaban J connectivity index is 1.55. The van der Waals surface area contributed by atoms with Gasteiger partial charge in [-0.15, -0.1) is 10.2 Å². The number of aromatic amines is 1. The van der Waals surface area contributed by atoms with Crippen LogP contribution in [0.1, 0.15) is 55.0 Å². The molecule has 23 heavy (non-hydrogen) atoms. The maximum atomic E-state index is 12.3. The Morgan fingerprint density at radius 2 is 2.22 bits per heavy atom. The van der Waals surface area contributed by atoms with Crippen molar-refractivity contribution >= 4 is 5.91 Å². The van der Waals surface area contributed by atoms with Crippen molar-refractivity contribution in [1.82, 2.24) is 25.9 Å². The lowest BCUT2D eigenvalue weighted by molar-refractivity contribution is -0.122. The SMILES string of the molecule is Cc1cccc(CCC(=O)NC2CCCCC2c2nn[nH]n2)c1. The van der Waals surface area contributed by atoms with E-state index in [1.165, 1.54) is 11.1 Å². The monoisotopic (exact) mass is 313 g/mol. The van der Waals surface area contributed by atoms with E-state index in [9.17, 15) is 4.79 Å². The number of rotatable bonds is 5. The Labute approximate surface area is 136 Å². The lowest BCUT2D eigenvalue weighted by Crippen LogP contribution is -2.41. The fourth-order valence-electron chi connectivity index (χ4n) is 3.34. The molecule has 2 aromatic rings. The third kappa shape index (κ3) is 4.15. The normalized spacial score (nSPS) is 21.1. The largest absolute Gasteiger partial charge is 0.353 e. The quantitative estimate of drug-likeness (QED) is 0.887. The molecule has 1 amide bonds. The molecule has 1 fully saturated rings. The molecule has 2 N–H and O–H groups in total. The van der Waals surface area contributed by atoms with Crippen LogP contribution in [0.5, 0.6) is 0 Å². The minimum absolute atomic E-state index is 0.104. The molecule has 0 spiro atoms. The lowest BCUT2D eigenvalue weighted by atomic mass is 9.84. The number of aryl methyl sites for hydroxylation is 2. The summed E-state index contributed by atoms with van der Waals surface area (Å²) in [6, 6.07) is 8.43. The lowest BCUT2D eigenvalue weighted by Gasteiger charge is -2.30. The summed E-state index contributed by atoms with van der Waals surface area (Å²) in [6.07, 6.45) is 5.55. The number of carbonyl (C=O) groups excluding carboxylic acids is 1. The maximum absolute atomic E-state index is 12.3. The summed E-state index contributed by atoms with van der Waals surface area (Å²) in [7, 11) is 0. The Bertz CT molecular complexity index is 640. The van der Waals surface area contributed by atoms with Crippen LogP contribution >= 0.6 is 0 Å². The minimum atomic E-state index is 0.104. The number of nitrogens with one attached hydrogen (secondary N) is 2. The summed E-state index contributed by atoms with van der Waals surface area (Å²) in [5, 5.41) is 17.5. The molecule has 0 bridgehead atoms. The highest BCUT2D eigenvalue weighted by molar-refractivity contribution is 5.76. The zero-order valence-corrected chi connectivity index (χ0v) is 13.5. The molecular weight excluding hydrogens is 290 g/mol. The van der Waals surface area contributed by atoms with Crippen LogP contribution in [0.3, 0.4) is 0 Å². The summed E-state index contributed by atoms with van der Waals surface area (Å²) >= 11 is 0. The zero-order chi connectivity index (χ0) is 16.1. The molecule has 0 radical (unpaired) electrons. The first-order valence-electron chi connectivity index (χ1n) is 8.30. The van der Waals surface area contributed by atoms with E-state index >= 15 is 0 Å². The van der Waals surface area contributed by atoms with Crippen molar-refractivity contribution < 1.29 is 4.79 Å². The van der Waals surface area contributed by atoms with Gasteiger partial charge in [-0.2, -0.15) is 5.21 Å². The number of benzene rings is 1. The molecule has 0 saturated heterocycles. The van der Waals surface area contributed by atoms with Crippen molar-refractivity contribution in [3.8, 4) is 0 Å². The number of tetrazole rings is 1. The predicted octanol–water partition coefficient (Wildman–Crippen LogP) is 2.28. The summed E-state index contributed by atoms with van der Waals surface area (Å²) < 4.78 is 0. The van der Waals surface area contributed by atoms with Gasteiger partial charge in [-0.05, 0) is 31.7 Å². The van der Waals surface area contributed by atoms with Gasteiger partial charge in [0, 0.05) is 18.4 Å². The van der Waals surface area contributed by atoms with Crippen LogP contribution in [-0.2, 0) is 11.2 Å². The summed E-state index contributed by atoms with van der Waals surface area (Å²) in [4.78, 5) is 12.3. The molecule has 1 aromatic heterocycles. The van der Waals surface area contributed by atoms with E-state index < -0.39 is 0 Å². The van der Waals surface area contributed by atoms with Crippen LogP contribution in [-0.4, -0.2) is 32.6 Å². The average molecular weight is 313 g/mol. The third-order valence-electron chi connectivity index (χ3n) is 4.53. The van der Waals surface area contributed by atoms with Crippen molar-refractivity contribution in [3.63, 3.8) is 0 Å². The van der Waals surface area contributed by atoms with E-state index in [1.807, 2.05) is 6.07 Å². The Morgan fingerprint density at radius 3 is 3.00 bits per heavy atom. The molecule has 2 unspecified atom stereocenters. The fourth-order valence-corrected chi connectivity index (χ4v) is 3.34. The fraction of sp³-hybridized carbons (Fsp3) is 0.529. The minimum Gasteiger partial charge on any atom is -0.353 e. The second-order valence-electron chi connectivity index (χ2n) is 6.32. The van der Waals surface area contributed by atoms with Gasteiger partial charge in [-0.25, -0.2) is 0 Å². The van der Waals surface area contributed by atoms with Crippen molar-refractivity contribution in [3.05, 3.63) is 41.2 Å². The van der Waals surface area contributed by atoms with Gasteiger partial charge < -0.3 is 5.32 Å². The van der Waals surface area contributed by atoms with E-state index in [0.717, 1.165) is 32.1 Å². The third-order valence-corrected chi connectivity index (χ3v) is 4.53. The maximum Gasteiger partial charge on any atom is 0.220 e. The van der Waals surface area contributed by atoms with Crippen LogP contribution in [0.2, 0.25) is 0 Å². The molecule has 1 saturated carbocycles. The van der Waals surface area contributed by atoms with Crippen LogP contribution in [0.25, 0.3) is 0 Å². The van der Waals surface area contributed by atoms with Crippen LogP contribution in [0, 0.1) is 6.92 Å². The van der Waals surface area contributed by atoms with Gasteiger partial charge in [0.05, 0.1) is 0 Å². The number of H-pyrrole nitrogens is 1. The number of aromatic nitrogens is 4. The van der Waals surface area contributed by atoms with Gasteiger partial charge in [0.25, 0.3) is 0 Å². The van der Waals surface area contributed by atoms with Crippen molar-refractivity contribution in [2.45, 2.75) is 57.4 Å². The number of amides is 1. The van der Waals surface area contributed by atoms with Gasteiger partial charge in [0.15, 0.2) is 5.82 Å². The number of nitrogens with zero attached hydrogens (tertiary/aromatic N) is 3. The van der Waals surface area contributed by atoms with E-state index in [0.29, 0.717) is 12.2 Å². The Morgan fingerprint density at radius 1 is 1.35 bits per heavy atom. The first-order valence-corrected chi connectivity index (χ1v) is 8.30. The van der Waals surface area contributed by atoms with Crippen LogP contribution in [0.4, 0.5) is 0 Å². The van der Waals surface area contributed by atoms with E-state index in [4.69, 9.17) is 0 Å². The summed E-state index contributed by atoms with van der Waals surface area (Å²) in [5.74, 6) is 0.992. The highest BCUT2D eigenvalue weighted by Crippen LogP contribution is 2.30. The van der Waals surface area contributed by atoms with E-state index in [-0.39, 0.29) is 17.9 Å². The molecule has 2 atom stereocenters. The first kappa shape index (κ1) is 15.6. The average Bonchev–Trinajstić information content (AvgIpc) is 3.08. The Hall–Kier alpha value is -2.24. The second-order valence-corrected chi connectivity index (χ2v) is 6.32. The highest BCUT2D eigenvalue weighted by Gasteiger charge is 2.30. The molecular formula is C17H23N5O. The summed E-state index contributed by atoms with van der Waals surface area (Å²) in [6.45, 7) is 2.07. The highest BCUT2D eigenvalue weighted by atomic mass is 16.1. The molecule has 122 valence electrons. The molecule has 1 aliphatic rings. The molecule has 0 aliphatic heterocycles. The van der Waals surface area contributed by atoms with Crippen molar-refractivity contribution in [2.75, 3.05) is 0 Å². The Kier molecular flexibility index (Phi) is 5.00. The summed E-state index contributed by atoms with van der Waals surface area (Å²) in [5.41, 5.74) is 2.44. The van der Waals surface area contributed by atoms with E-state index in [2.05, 4.69) is 51.1 Å². The molecule has 6 nitrogen and oxygen atoms in total. The second kappa shape index (κ2) is 7.35. The van der Waals surface area contributed by atoms with Gasteiger partial charge in [0.1, 0.15) is 0 Å². The van der Waals surface area contributed by atoms with E-state index in [1.54, 1.807) is 0 Å². The molecule has 3 rings (SSSR count). The van der Waals surface area contributed by atoms with Crippen molar-refractivity contribution in [1.29, 1.82) is 0 Å².